The van der Waals surface area contributed by atoms with E-state index in [-0.39, 0.29) is 0 Å². The van der Waals surface area contributed by atoms with Crippen LogP contribution in [0.5, 0.6) is 0 Å². The van der Waals surface area contributed by atoms with Gasteiger partial charge in [-0.15, -0.1) is 0 Å². The zero-order chi connectivity index (χ0) is 8.55. The number of pyridine rings is 1. The van der Waals surface area contributed by atoms with Crippen molar-refractivity contribution in [3.05, 3.63) is 35.8 Å². The van der Waals surface area contributed by atoms with Crippen molar-refractivity contribution in [2.45, 2.75) is 20.3 Å². The lowest BCUT2D eigenvalue weighted by atomic mass is 10.3. The Morgan fingerprint density at radius 1 is 1.42 bits per heavy atom. The molecule has 0 aliphatic rings. The Morgan fingerprint density at radius 3 is 2.92 bits per heavy atom. The van der Waals surface area contributed by atoms with E-state index in [1.807, 2.05) is 18.2 Å². The van der Waals surface area contributed by atoms with Gasteiger partial charge in [0.05, 0.1) is 5.69 Å². The van der Waals surface area contributed by atoms with E-state index in [2.05, 4.69) is 29.4 Å². The fourth-order valence-corrected chi connectivity index (χ4v) is 1.50. The molecule has 0 unspecified atom stereocenters. The van der Waals surface area contributed by atoms with Gasteiger partial charge in [0.25, 0.3) is 0 Å². The van der Waals surface area contributed by atoms with E-state index in [0.29, 0.717) is 0 Å². The van der Waals surface area contributed by atoms with Gasteiger partial charge in [-0.25, -0.2) is 4.98 Å². The zero-order valence-electron chi connectivity index (χ0n) is 7.41. The predicted octanol–water partition coefficient (Wildman–Crippen LogP) is 2.21. The molecule has 62 valence electrons. The quantitative estimate of drug-likeness (QED) is 0.625. The standard InChI is InChI=1S/C10H12N2/c1-3-9-8(2)12-7-5-4-6-10(12)11-9/h4-7H,3H2,1-2H3. The van der Waals surface area contributed by atoms with Crippen LogP contribution < -0.4 is 0 Å². The lowest BCUT2D eigenvalue weighted by molar-refractivity contribution is 1.02. The monoisotopic (exact) mass is 160 g/mol. The van der Waals surface area contributed by atoms with E-state index in [4.69, 9.17) is 0 Å². The highest BCUT2D eigenvalue weighted by Gasteiger charge is 2.03. The van der Waals surface area contributed by atoms with Crippen molar-refractivity contribution in [1.29, 1.82) is 0 Å². The van der Waals surface area contributed by atoms with Crippen molar-refractivity contribution < 1.29 is 0 Å². The maximum Gasteiger partial charge on any atom is 0.137 e. The van der Waals surface area contributed by atoms with Crippen LogP contribution in [0.2, 0.25) is 0 Å². The maximum atomic E-state index is 4.49. The Bertz CT molecular complexity index is 401. The summed E-state index contributed by atoms with van der Waals surface area (Å²) in [5.41, 5.74) is 3.50. The van der Waals surface area contributed by atoms with E-state index in [1.165, 1.54) is 11.4 Å². The van der Waals surface area contributed by atoms with E-state index in [1.54, 1.807) is 0 Å². The van der Waals surface area contributed by atoms with Crippen LogP contribution in [0, 0.1) is 6.92 Å². The summed E-state index contributed by atoms with van der Waals surface area (Å²) < 4.78 is 2.12. The average molecular weight is 160 g/mol. The van der Waals surface area contributed by atoms with Crippen molar-refractivity contribution in [3.63, 3.8) is 0 Å². The first-order chi connectivity index (χ1) is 5.83. The summed E-state index contributed by atoms with van der Waals surface area (Å²) in [5, 5.41) is 0. The Kier molecular flexibility index (Phi) is 1.61. The number of hydrogen-bond acceptors (Lipinski definition) is 1. The van der Waals surface area contributed by atoms with Gasteiger partial charge < -0.3 is 4.40 Å². The molecule has 0 fully saturated rings. The molecule has 0 aromatic carbocycles. The normalized spacial score (nSPS) is 10.8. The number of rotatable bonds is 1. The lowest BCUT2D eigenvalue weighted by Gasteiger charge is -1.94. The second-order valence-electron chi connectivity index (χ2n) is 2.93. The van der Waals surface area contributed by atoms with Crippen LogP contribution in [-0.4, -0.2) is 9.38 Å². The Hall–Kier alpha value is -1.31. The molecule has 0 N–H and O–H groups in total. The minimum absolute atomic E-state index is 1.01. The van der Waals surface area contributed by atoms with Gasteiger partial charge in [0.15, 0.2) is 0 Å². The molecule has 2 aromatic rings. The third kappa shape index (κ3) is 0.916. The highest BCUT2D eigenvalue weighted by Crippen LogP contribution is 2.11. The molecule has 0 amide bonds. The molecule has 0 radical (unpaired) electrons. The van der Waals surface area contributed by atoms with Gasteiger partial charge >= 0.3 is 0 Å². The smallest absolute Gasteiger partial charge is 0.137 e. The van der Waals surface area contributed by atoms with Crippen molar-refractivity contribution in [1.82, 2.24) is 9.38 Å². The Labute approximate surface area is 71.9 Å². The fraction of sp³-hybridized carbons (Fsp3) is 0.300. The van der Waals surface area contributed by atoms with Gasteiger partial charge in [-0.3, -0.25) is 0 Å². The number of aryl methyl sites for hydroxylation is 2. The SMILES string of the molecule is CCc1nc2ccccn2c1C. The van der Waals surface area contributed by atoms with Gasteiger partial charge in [-0.05, 0) is 25.5 Å². The summed E-state index contributed by atoms with van der Waals surface area (Å²) in [6.07, 6.45) is 3.06. The summed E-state index contributed by atoms with van der Waals surface area (Å²) in [6.45, 7) is 4.24. The topological polar surface area (TPSA) is 17.3 Å². The molecule has 0 aliphatic carbocycles. The van der Waals surface area contributed by atoms with Gasteiger partial charge in [0.1, 0.15) is 5.65 Å². The summed E-state index contributed by atoms with van der Waals surface area (Å²) in [7, 11) is 0. The van der Waals surface area contributed by atoms with Gasteiger partial charge in [0.2, 0.25) is 0 Å². The fourth-order valence-electron chi connectivity index (χ4n) is 1.50. The molecule has 2 aromatic heterocycles. The van der Waals surface area contributed by atoms with Gasteiger partial charge in [-0.2, -0.15) is 0 Å². The number of hydrogen-bond donors (Lipinski definition) is 0. The number of fused-ring (bicyclic) bond motifs is 1. The molecular formula is C10H12N2. The lowest BCUT2D eigenvalue weighted by Crippen LogP contribution is -1.87. The van der Waals surface area contributed by atoms with Crippen molar-refractivity contribution >= 4 is 5.65 Å². The van der Waals surface area contributed by atoms with Gasteiger partial charge in [-0.1, -0.05) is 13.0 Å². The highest BCUT2D eigenvalue weighted by molar-refractivity contribution is 5.42. The molecule has 2 heterocycles. The molecule has 0 saturated heterocycles. The van der Waals surface area contributed by atoms with Crippen molar-refractivity contribution in [3.8, 4) is 0 Å². The van der Waals surface area contributed by atoms with Crippen molar-refractivity contribution in [2.75, 3.05) is 0 Å². The predicted molar refractivity (Wildman–Crippen MR) is 49.3 cm³/mol. The van der Waals surface area contributed by atoms with Crippen LogP contribution >= 0.6 is 0 Å². The molecule has 0 saturated carbocycles. The third-order valence-corrected chi connectivity index (χ3v) is 2.20. The summed E-state index contributed by atoms with van der Waals surface area (Å²) in [5.74, 6) is 0. The number of aromatic nitrogens is 2. The van der Waals surface area contributed by atoms with E-state index >= 15 is 0 Å². The van der Waals surface area contributed by atoms with Crippen LogP contribution in [-0.2, 0) is 6.42 Å². The van der Waals surface area contributed by atoms with Crippen LogP contribution in [0.4, 0.5) is 0 Å². The molecule has 12 heavy (non-hydrogen) atoms. The van der Waals surface area contributed by atoms with E-state index in [0.717, 1.165) is 12.1 Å². The maximum absolute atomic E-state index is 4.49. The number of imidazole rings is 1. The van der Waals surface area contributed by atoms with Crippen LogP contribution in [0.1, 0.15) is 18.3 Å². The molecule has 0 spiro atoms. The van der Waals surface area contributed by atoms with Gasteiger partial charge in [0, 0.05) is 11.9 Å². The van der Waals surface area contributed by atoms with Crippen LogP contribution in [0.25, 0.3) is 5.65 Å². The van der Waals surface area contributed by atoms with E-state index in [9.17, 15) is 0 Å². The highest BCUT2D eigenvalue weighted by atomic mass is 15.0. The number of nitrogens with zero attached hydrogens (tertiary/aromatic N) is 2. The molecule has 2 rings (SSSR count). The Balaban J connectivity index is 2.78. The van der Waals surface area contributed by atoms with Crippen LogP contribution in [0.15, 0.2) is 24.4 Å². The molecule has 0 bridgehead atoms. The Morgan fingerprint density at radius 2 is 2.25 bits per heavy atom. The van der Waals surface area contributed by atoms with Crippen LogP contribution in [0.3, 0.4) is 0 Å². The second kappa shape index (κ2) is 2.63. The molecule has 0 aliphatic heterocycles. The largest absolute Gasteiger partial charge is 0.304 e. The second-order valence-corrected chi connectivity index (χ2v) is 2.93. The van der Waals surface area contributed by atoms with Crippen molar-refractivity contribution in [2.24, 2.45) is 0 Å². The molecule has 2 nitrogen and oxygen atoms in total. The molecular weight excluding hydrogens is 148 g/mol. The first kappa shape index (κ1) is 7.35. The summed E-state index contributed by atoms with van der Waals surface area (Å²) in [6, 6.07) is 6.08. The molecule has 2 heteroatoms. The average Bonchev–Trinajstić information content (AvgIpc) is 2.44. The molecule has 0 atom stereocenters. The summed E-state index contributed by atoms with van der Waals surface area (Å²) in [4.78, 5) is 4.49. The minimum Gasteiger partial charge on any atom is -0.304 e. The first-order valence-electron chi connectivity index (χ1n) is 4.25. The summed E-state index contributed by atoms with van der Waals surface area (Å²) >= 11 is 0. The zero-order valence-corrected chi connectivity index (χ0v) is 7.41. The minimum atomic E-state index is 1.01. The van der Waals surface area contributed by atoms with E-state index < -0.39 is 0 Å². The first-order valence-corrected chi connectivity index (χ1v) is 4.25. The third-order valence-electron chi connectivity index (χ3n) is 2.20.